The van der Waals surface area contributed by atoms with Crippen molar-refractivity contribution >= 4 is 5.70 Å². The molecule has 1 aromatic carbocycles. The Morgan fingerprint density at radius 1 is 1.25 bits per heavy atom. The van der Waals surface area contributed by atoms with Crippen molar-refractivity contribution in [2.75, 3.05) is 0 Å². The summed E-state index contributed by atoms with van der Waals surface area (Å²) >= 11 is 0. The average Bonchev–Trinajstić information content (AvgIpc) is 2.81. The fourth-order valence-electron chi connectivity index (χ4n) is 1.95. The van der Waals surface area contributed by atoms with Crippen molar-refractivity contribution < 1.29 is 4.39 Å². The molecule has 4 heteroatoms. The second kappa shape index (κ2) is 6.10. The van der Waals surface area contributed by atoms with Crippen LogP contribution in [0, 0.1) is 12.7 Å². The molecule has 2 aromatic rings. The van der Waals surface area contributed by atoms with Gasteiger partial charge in [0.05, 0.1) is 0 Å². The van der Waals surface area contributed by atoms with E-state index in [0.29, 0.717) is 5.82 Å². The van der Waals surface area contributed by atoms with E-state index >= 15 is 0 Å². The molecule has 1 aromatic heterocycles. The molecule has 0 saturated carbocycles. The van der Waals surface area contributed by atoms with Crippen LogP contribution in [0.5, 0.6) is 0 Å². The molecule has 0 atom stereocenters. The van der Waals surface area contributed by atoms with Gasteiger partial charge < -0.3 is 0 Å². The SMILES string of the molecule is C=C/C=C(\C=C/C)n1c(C)nnc1-c1ccc(F)cc1. The number of nitrogens with zero attached hydrogens (tertiary/aromatic N) is 3. The van der Waals surface area contributed by atoms with Crippen molar-refractivity contribution in [1.82, 2.24) is 14.8 Å². The second-order valence-corrected chi connectivity index (χ2v) is 4.24. The minimum atomic E-state index is -0.271. The second-order valence-electron chi connectivity index (χ2n) is 4.24. The molecule has 1 heterocycles. The minimum absolute atomic E-state index is 0.271. The van der Waals surface area contributed by atoms with E-state index in [-0.39, 0.29) is 5.82 Å². The van der Waals surface area contributed by atoms with E-state index in [1.165, 1.54) is 12.1 Å². The maximum atomic E-state index is 13.0. The maximum absolute atomic E-state index is 13.0. The van der Waals surface area contributed by atoms with E-state index in [0.717, 1.165) is 17.1 Å². The summed E-state index contributed by atoms with van der Waals surface area (Å²) in [4.78, 5) is 0. The minimum Gasteiger partial charge on any atom is -0.279 e. The van der Waals surface area contributed by atoms with E-state index in [2.05, 4.69) is 16.8 Å². The lowest BCUT2D eigenvalue weighted by molar-refractivity contribution is 0.628. The summed E-state index contributed by atoms with van der Waals surface area (Å²) in [6.07, 6.45) is 7.47. The normalized spacial score (nSPS) is 12.1. The first kappa shape index (κ1) is 13.9. The number of rotatable bonds is 4. The van der Waals surface area contributed by atoms with Gasteiger partial charge in [0.25, 0.3) is 0 Å². The lowest BCUT2D eigenvalue weighted by Gasteiger charge is -2.09. The quantitative estimate of drug-likeness (QED) is 0.785. The van der Waals surface area contributed by atoms with Crippen molar-refractivity contribution in [3.05, 3.63) is 66.8 Å². The highest BCUT2D eigenvalue weighted by atomic mass is 19.1. The largest absolute Gasteiger partial charge is 0.279 e. The van der Waals surface area contributed by atoms with Gasteiger partial charge >= 0.3 is 0 Å². The first-order valence-electron chi connectivity index (χ1n) is 6.31. The van der Waals surface area contributed by atoms with Gasteiger partial charge in [-0.25, -0.2) is 4.39 Å². The molecule has 2 rings (SSSR count). The predicted octanol–water partition coefficient (Wildman–Crippen LogP) is 4.00. The smallest absolute Gasteiger partial charge is 0.168 e. The van der Waals surface area contributed by atoms with Gasteiger partial charge in [-0.3, -0.25) is 4.57 Å². The molecule has 102 valence electrons. The zero-order valence-electron chi connectivity index (χ0n) is 11.5. The molecule has 0 amide bonds. The van der Waals surface area contributed by atoms with Crippen LogP contribution in [0.1, 0.15) is 12.7 Å². The molecule has 0 bridgehead atoms. The van der Waals surface area contributed by atoms with Crippen LogP contribution in [0.25, 0.3) is 17.1 Å². The fourth-order valence-corrected chi connectivity index (χ4v) is 1.95. The Bertz CT molecular complexity index is 664. The summed E-state index contributed by atoms with van der Waals surface area (Å²) in [6.45, 7) is 7.54. The highest BCUT2D eigenvalue weighted by molar-refractivity contribution is 5.67. The third-order valence-corrected chi connectivity index (χ3v) is 2.81. The molecule has 3 nitrogen and oxygen atoms in total. The first-order valence-corrected chi connectivity index (χ1v) is 6.31. The van der Waals surface area contributed by atoms with Crippen molar-refractivity contribution in [3.8, 4) is 11.4 Å². The molecule has 20 heavy (non-hydrogen) atoms. The van der Waals surface area contributed by atoms with Crippen LogP contribution < -0.4 is 0 Å². The molecule has 0 unspecified atom stereocenters. The molecule has 0 aliphatic carbocycles. The van der Waals surface area contributed by atoms with Gasteiger partial charge in [0.15, 0.2) is 5.82 Å². The van der Waals surface area contributed by atoms with Gasteiger partial charge in [0.1, 0.15) is 11.6 Å². The van der Waals surface area contributed by atoms with Gasteiger partial charge in [-0.15, -0.1) is 10.2 Å². The lowest BCUT2D eigenvalue weighted by atomic mass is 10.2. The van der Waals surface area contributed by atoms with Gasteiger partial charge in [0.2, 0.25) is 0 Å². The molecule has 0 radical (unpaired) electrons. The van der Waals surface area contributed by atoms with Crippen LogP contribution in [0.4, 0.5) is 4.39 Å². The Morgan fingerprint density at radius 3 is 2.55 bits per heavy atom. The Hall–Kier alpha value is -2.49. The first-order chi connectivity index (χ1) is 9.67. The number of hydrogen-bond donors (Lipinski definition) is 0. The van der Waals surface area contributed by atoms with Crippen molar-refractivity contribution in [3.63, 3.8) is 0 Å². The molecule has 0 aliphatic heterocycles. The number of aryl methyl sites for hydroxylation is 1. The number of halogens is 1. The summed E-state index contributed by atoms with van der Waals surface area (Å²) in [5, 5.41) is 8.29. The predicted molar refractivity (Wildman–Crippen MR) is 79.4 cm³/mol. The van der Waals surface area contributed by atoms with E-state index in [1.54, 1.807) is 18.2 Å². The van der Waals surface area contributed by atoms with Crippen molar-refractivity contribution in [1.29, 1.82) is 0 Å². The summed E-state index contributed by atoms with van der Waals surface area (Å²) in [6, 6.07) is 6.21. The highest BCUT2D eigenvalue weighted by Crippen LogP contribution is 2.23. The van der Waals surface area contributed by atoms with E-state index in [4.69, 9.17) is 0 Å². The topological polar surface area (TPSA) is 30.7 Å². The lowest BCUT2D eigenvalue weighted by Crippen LogP contribution is -2.00. The maximum Gasteiger partial charge on any atom is 0.168 e. The molecular weight excluding hydrogens is 253 g/mol. The molecule has 0 spiro atoms. The number of hydrogen-bond acceptors (Lipinski definition) is 2. The summed E-state index contributed by atoms with van der Waals surface area (Å²) in [7, 11) is 0. The Morgan fingerprint density at radius 2 is 1.95 bits per heavy atom. The van der Waals surface area contributed by atoms with E-state index in [1.807, 2.05) is 36.6 Å². The average molecular weight is 269 g/mol. The molecular formula is C16H16FN3. The van der Waals surface area contributed by atoms with Gasteiger partial charge in [-0.2, -0.15) is 0 Å². The third kappa shape index (κ3) is 2.74. The highest BCUT2D eigenvalue weighted by Gasteiger charge is 2.12. The summed E-state index contributed by atoms with van der Waals surface area (Å²) in [5.41, 5.74) is 1.72. The van der Waals surface area contributed by atoms with Crippen LogP contribution in [-0.4, -0.2) is 14.8 Å². The molecule has 0 aliphatic rings. The monoisotopic (exact) mass is 269 g/mol. The third-order valence-electron chi connectivity index (χ3n) is 2.81. The van der Waals surface area contributed by atoms with Crippen LogP contribution in [0.3, 0.4) is 0 Å². The van der Waals surface area contributed by atoms with Gasteiger partial charge in [-0.1, -0.05) is 18.7 Å². The standard InChI is InChI=1S/C16H16FN3/c1-4-6-15(7-5-2)20-12(3)18-19-16(20)13-8-10-14(17)11-9-13/h4-11H,1H2,2-3H3/b7-5-,15-6+. The fraction of sp³-hybridized carbons (Fsp3) is 0.125. The van der Waals surface area contributed by atoms with Crippen molar-refractivity contribution in [2.24, 2.45) is 0 Å². The Balaban J connectivity index is 2.59. The van der Waals surface area contributed by atoms with E-state index in [9.17, 15) is 4.39 Å². The van der Waals surface area contributed by atoms with Crippen LogP contribution in [-0.2, 0) is 0 Å². The number of allylic oxidation sites excluding steroid dienone is 5. The van der Waals surface area contributed by atoms with Crippen LogP contribution in [0.15, 0.2) is 55.1 Å². The summed E-state index contributed by atoms with van der Waals surface area (Å²) < 4.78 is 14.9. The van der Waals surface area contributed by atoms with E-state index < -0.39 is 0 Å². The molecule has 0 saturated heterocycles. The Kier molecular flexibility index (Phi) is 4.25. The Labute approximate surface area is 117 Å². The molecule has 0 N–H and O–H groups in total. The summed E-state index contributed by atoms with van der Waals surface area (Å²) in [5.74, 6) is 1.16. The number of benzene rings is 1. The van der Waals surface area contributed by atoms with Crippen molar-refractivity contribution in [2.45, 2.75) is 13.8 Å². The zero-order chi connectivity index (χ0) is 14.5. The van der Waals surface area contributed by atoms with Gasteiger partial charge in [-0.05, 0) is 50.3 Å². The van der Waals surface area contributed by atoms with Crippen LogP contribution >= 0.6 is 0 Å². The van der Waals surface area contributed by atoms with Crippen LogP contribution in [0.2, 0.25) is 0 Å². The van der Waals surface area contributed by atoms with Gasteiger partial charge in [0, 0.05) is 11.3 Å². The number of aromatic nitrogens is 3. The molecule has 0 fully saturated rings. The zero-order valence-corrected chi connectivity index (χ0v) is 11.5.